The van der Waals surface area contributed by atoms with Crippen molar-refractivity contribution in [2.24, 2.45) is 0 Å². The summed E-state index contributed by atoms with van der Waals surface area (Å²) < 4.78 is 0. The average molecular weight is 273 g/mol. The van der Waals surface area contributed by atoms with Gasteiger partial charge in [0, 0.05) is 13.1 Å². The Morgan fingerprint density at radius 2 is 2.20 bits per heavy atom. The highest BCUT2D eigenvalue weighted by Gasteiger charge is 2.13. The van der Waals surface area contributed by atoms with Crippen molar-refractivity contribution in [3.05, 3.63) is 24.3 Å². The predicted octanol–water partition coefficient (Wildman–Crippen LogP) is 0.797. The van der Waals surface area contributed by atoms with Gasteiger partial charge in [-0.25, -0.2) is 4.98 Å². The van der Waals surface area contributed by atoms with E-state index in [0.29, 0.717) is 12.5 Å². The number of fused-ring (bicyclic) bond motifs is 1. The molecular formula is C14H19N5O. The Labute approximate surface area is 117 Å². The Balaban J connectivity index is 1.60. The minimum absolute atomic E-state index is 0.0223. The molecule has 0 bridgehead atoms. The Bertz CT molecular complexity index is 553. The molecule has 1 aromatic heterocycles. The number of anilines is 1. The molecule has 0 atom stereocenters. The highest BCUT2D eigenvalue weighted by molar-refractivity contribution is 5.92. The lowest BCUT2D eigenvalue weighted by Gasteiger charge is -2.17. The molecule has 1 amide bonds. The molecule has 6 nitrogen and oxygen atoms in total. The zero-order valence-electron chi connectivity index (χ0n) is 11.4. The summed E-state index contributed by atoms with van der Waals surface area (Å²) in [6, 6.07) is 7.73. The first-order valence-corrected chi connectivity index (χ1v) is 6.99. The number of benzene rings is 1. The van der Waals surface area contributed by atoms with Crippen LogP contribution in [0.15, 0.2) is 24.3 Å². The van der Waals surface area contributed by atoms with E-state index in [1.54, 1.807) is 0 Å². The first-order chi connectivity index (χ1) is 9.81. The van der Waals surface area contributed by atoms with Crippen LogP contribution in [0, 0.1) is 0 Å². The molecule has 1 aliphatic rings. The number of aromatic amines is 1. The maximum atomic E-state index is 12.0. The Hall–Kier alpha value is -1.92. The van der Waals surface area contributed by atoms with Gasteiger partial charge in [0.15, 0.2) is 0 Å². The van der Waals surface area contributed by atoms with Crippen LogP contribution in [0.3, 0.4) is 0 Å². The van der Waals surface area contributed by atoms with Crippen molar-refractivity contribution in [1.82, 2.24) is 20.2 Å². The van der Waals surface area contributed by atoms with Crippen LogP contribution in [-0.4, -0.2) is 53.5 Å². The molecule has 1 aliphatic heterocycles. The average Bonchev–Trinajstić information content (AvgIpc) is 2.66. The zero-order valence-corrected chi connectivity index (χ0v) is 11.4. The van der Waals surface area contributed by atoms with Crippen LogP contribution in [0.2, 0.25) is 0 Å². The molecule has 0 radical (unpaired) electrons. The van der Waals surface area contributed by atoms with Gasteiger partial charge < -0.3 is 10.3 Å². The van der Waals surface area contributed by atoms with Crippen molar-refractivity contribution in [2.75, 3.05) is 38.0 Å². The SMILES string of the molecule is O=C(CN1CCCNCC1)Nc1nc2ccccc2[nH]1. The molecule has 1 saturated heterocycles. The van der Waals surface area contributed by atoms with Crippen LogP contribution in [0.25, 0.3) is 11.0 Å². The molecule has 3 rings (SSSR count). The zero-order chi connectivity index (χ0) is 13.8. The minimum atomic E-state index is -0.0223. The Morgan fingerprint density at radius 1 is 1.30 bits per heavy atom. The number of nitrogens with zero attached hydrogens (tertiary/aromatic N) is 2. The largest absolute Gasteiger partial charge is 0.324 e. The van der Waals surface area contributed by atoms with Gasteiger partial charge in [-0.3, -0.25) is 15.0 Å². The molecule has 106 valence electrons. The van der Waals surface area contributed by atoms with E-state index < -0.39 is 0 Å². The second-order valence-electron chi connectivity index (χ2n) is 5.03. The lowest BCUT2D eigenvalue weighted by Crippen LogP contribution is -2.35. The van der Waals surface area contributed by atoms with Crippen LogP contribution >= 0.6 is 0 Å². The third-order valence-electron chi connectivity index (χ3n) is 3.45. The number of carbonyl (C=O) groups is 1. The van der Waals surface area contributed by atoms with Crippen molar-refractivity contribution in [3.8, 4) is 0 Å². The van der Waals surface area contributed by atoms with Gasteiger partial charge >= 0.3 is 0 Å². The highest BCUT2D eigenvalue weighted by atomic mass is 16.2. The quantitative estimate of drug-likeness (QED) is 0.773. The first kappa shape index (κ1) is 13.1. The smallest absolute Gasteiger partial charge is 0.240 e. The van der Waals surface area contributed by atoms with Crippen LogP contribution < -0.4 is 10.6 Å². The Kier molecular flexibility index (Phi) is 3.94. The topological polar surface area (TPSA) is 73.1 Å². The molecule has 1 fully saturated rings. The first-order valence-electron chi connectivity index (χ1n) is 6.99. The van der Waals surface area contributed by atoms with E-state index in [1.807, 2.05) is 24.3 Å². The van der Waals surface area contributed by atoms with Crippen molar-refractivity contribution in [3.63, 3.8) is 0 Å². The lowest BCUT2D eigenvalue weighted by atomic mass is 10.3. The number of hydrogen-bond donors (Lipinski definition) is 3. The molecular weight excluding hydrogens is 254 g/mol. The van der Waals surface area contributed by atoms with E-state index in [1.165, 1.54) is 0 Å². The maximum Gasteiger partial charge on any atom is 0.240 e. The Morgan fingerprint density at radius 3 is 3.10 bits per heavy atom. The van der Waals surface area contributed by atoms with Gasteiger partial charge in [-0.15, -0.1) is 0 Å². The van der Waals surface area contributed by atoms with E-state index in [2.05, 4.69) is 25.5 Å². The van der Waals surface area contributed by atoms with Gasteiger partial charge in [0.25, 0.3) is 0 Å². The van der Waals surface area contributed by atoms with E-state index in [-0.39, 0.29) is 5.91 Å². The summed E-state index contributed by atoms with van der Waals surface area (Å²) in [5.41, 5.74) is 1.79. The second kappa shape index (κ2) is 6.02. The van der Waals surface area contributed by atoms with E-state index in [9.17, 15) is 4.79 Å². The summed E-state index contributed by atoms with van der Waals surface area (Å²) in [5.74, 6) is 0.495. The minimum Gasteiger partial charge on any atom is -0.324 e. The van der Waals surface area contributed by atoms with Crippen molar-refractivity contribution >= 4 is 22.9 Å². The monoisotopic (exact) mass is 273 g/mol. The molecule has 2 heterocycles. The standard InChI is InChI=1S/C14H19N5O/c20-13(10-19-8-3-6-15-7-9-19)18-14-16-11-4-1-2-5-12(11)17-14/h1-2,4-5,15H,3,6-10H2,(H2,16,17,18,20). The fourth-order valence-electron chi connectivity index (χ4n) is 2.45. The number of rotatable bonds is 3. The fraction of sp³-hybridized carbons (Fsp3) is 0.429. The third kappa shape index (κ3) is 3.15. The number of aromatic nitrogens is 2. The highest BCUT2D eigenvalue weighted by Crippen LogP contribution is 2.13. The summed E-state index contributed by atoms with van der Waals surface area (Å²) in [5, 5.41) is 6.16. The summed E-state index contributed by atoms with van der Waals surface area (Å²) >= 11 is 0. The predicted molar refractivity (Wildman–Crippen MR) is 78.7 cm³/mol. The summed E-state index contributed by atoms with van der Waals surface area (Å²) in [6.45, 7) is 4.26. The molecule has 1 aromatic carbocycles. The second-order valence-corrected chi connectivity index (χ2v) is 5.03. The van der Waals surface area contributed by atoms with Gasteiger partial charge in [0.05, 0.1) is 17.6 Å². The van der Waals surface area contributed by atoms with Crippen molar-refractivity contribution in [1.29, 1.82) is 0 Å². The van der Waals surface area contributed by atoms with Crippen LogP contribution in [0.1, 0.15) is 6.42 Å². The van der Waals surface area contributed by atoms with Gasteiger partial charge in [-0.1, -0.05) is 12.1 Å². The van der Waals surface area contributed by atoms with Crippen molar-refractivity contribution < 1.29 is 4.79 Å². The number of amides is 1. The number of carbonyl (C=O) groups excluding carboxylic acids is 1. The van der Waals surface area contributed by atoms with Crippen LogP contribution in [-0.2, 0) is 4.79 Å². The van der Waals surface area contributed by atoms with Crippen LogP contribution in [0.5, 0.6) is 0 Å². The van der Waals surface area contributed by atoms with Gasteiger partial charge in [0.1, 0.15) is 0 Å². The molecule has 0 unspecified atom stereocenters. The normalized spacial score (nSPS) is 17.0. The van der Waals surface area contributed by atoms with Gasteiger partial charge in [-0.05, 0) is 31.6 Å². The molecule has 0 aliphatic carbocycles. The number of para-hydroxylation sites is 2. The van der Waals surface area contributed by atoms with Gasteiger partial charge in [0.2, 0.25) is 11.9 Å². The lowest BCUT2D eigenvalue weighted by molar-refractivity contribution is -0.117. The maximum absolute atomic E-state index is 12.0. The fourth-order valence-corrected chi connectivity index (χ4v) is 2.45. The molecule has 20 heavy (non-hydrogen) atoms. The summed E-state index contributed by atoms with van der Waals surface area (Å²) in [7, 11) is 0. The van der Waals surface area contributed by atoms with E-state index in [0.717, 1.165) is 43.6 Å². The molecule has 2 aromatic rings. The van der Waals surface area contributed by atoms with Gasteiger partial charge in [-0.2, -0.15) is 0 Å². The van der Waals surface area contributed by atoms with Crippen molar-refractivity contribution in [2.45, 2.75) is 6.42 Å². The molecule has 6 heteroatoms. The number of hydrogen-bond acceptors (Lipinski definition) is 4. The van der Waals surface area contributed by atoms with E-state index >= 15 is 0 Å². The molecule has 3 N–H and O–H groups in total. The summed E-state index contributed by atoms with van der Waals surface area (Å²) in [6.07, 6.45) is 1.08. The molecule has 0 saturated carbocycles. The third-order valence-corrected chi connectivity index (χ3v) is 3.45. The molecule has 0 spiro atoms. The number of H-pyrrole nitrogens is 1. The summed E-state index contributed by atoms with van der Waals surface area (Å²) in [4.78, 5) is 21.6. The number of imidazole rings is 1. The van der Waals surface area contributed by atoms with E-state index in [4.69, 9.17) is 0 Å². The van der Waals surface area contributed by atoms with Crippen LogP contribution in [0.4, 0.5) is 5.95 Å². The number of nitrogens with one attached hydrogen (secondary N) is 3.